The van der Waals surface area contributed by atoms with Crippen molar-refractivity contribution in [1.82, 2.24) is 15.1 Å². The predicted molar refractivity (Wildman–Crippen MR) is 100 cm³/mol. The molecule has 0 saturated carbocycles. The van der Waals surface area contributed by atoms with Gasteiger partial charge in [0, 0.05) is 11.9 Å². The van der Waals surface area contributed by atoms with Crippen molar-refractivity contribution in [3.05, 3.63) is 64.6 Å². The van der Waals surface area contributed by atoms with Gasteiger partial charge in [0.05, 0.1) is 11.6 Å². The van der Waals surface area contributed by atoms with Crippen molar-refractivity contribution < 1.29 is 14.3 Å². The van der Waals surface area contributed by atoms with Crippen molar-refractivity contribution in [1.29, 1.82) is 0 Å². The minimum absolute atomic E-state index is 0.106. The van der Waals surface area contributed by atoms with Gasteiger partial charge in [-0.1, -0.05) is 24.3 Å². The molecule has 2 aromatic carbocycles. The number of amides is 1. The van der Waals surface area contributed by atoms with Crippen molar-refractivity contribution in [2.24, 2.45) is 0 Å². The summed E-state index contributed by atoms with van der Waals surface area (Å²) in [7, 11) is 0. The molecule has 1 N–H and O–H groups in total. The quantitative estimate of drug-likeness (QED) is 0.741. The number of carbonyl (C=O) groups excluding carboxylic acids is 1. The lowest BCUT2D eigenvalue weighted by Gasteiger charge is -2.18. The standard InChI is InChI=1S/C20H19N3O4/c24-19(13-23-20(25)16-4-2-1-3-15(16)12-22-23)21-8-7-14-5-6-17-18(11-14)27-10-9-26-17/h1-6,11-12H,7-10,13H2,(H,21,24). The van der Waals surface area contributed by atoms with Crippen molar-refractivity contribution >= 4 is 16.7 Å². The van der Waals surface area contributed by atoms with Gasteiger partial charge in [0.1, 0.15) is 19.8 Å². The maximum absolute atomic E-state index is 12.4. The Kier molecular flexibility index (Phi) is 4.74. The number of aromatic nitrogens is 2. The number of hydrogen-bond donors (Lipinski definition) is 1. The molecular weight excluding hydrogens is 346 g/mol. The monoisotopic (exact) mass is 365 g/mol. The van der Waals surface area contributed by atoms with Gasteiger partial charge in [0.25, 0.3) is 5.56 Å². The van der Waals surface area contributed by atoms with Crippen LogP contribution in [0.25, 0.3) is 10.8 Å². The molecule has 0 fully saturated rings. The van der Waals surface area contributed by atoms with Crippen LogP contribution in [0.4, 0.5) is 0 Å². The Hall–Kier alpha value is -3.35. The third-order valence-electron chi connectivity index (χ3n) is 4.40. The molecule has 0 radical (unpaired) electrons. The normalized spacial score (nSPS) is 12.7. The van der Waals surface area contributed by atoms with Gasteiger partial charge < -0.3 is 14.8 Å². The Morgan fingerprint density at radius 3 is 2.81 bits per heavy atom. The van der Waals surface area contributed by atoms with E-state index in [1.807, 2.05) is 30.3 Å². The van der Waals surface area contributed by atoms with Crippen LogP contribution in [0.5, 0.6) is 11.5 Å². The number of nitrogens with zero attached hydrogens (tertiary/aromatic N) is 2. The van der Waals surface area contributed by atoms with Crippen LogP contribution in [-0.4, -0.2) is 35.4 Å². The van der Waals surface area contributed by atoms with Gasteiger partial charge in [0.2, 0.25) is 5.91 Å². The van der Waals surface area contributed by atoms with Crippen LogP contribution in [-0.2, 0) is 17.8 Å². The van der Waals surface area contributed by atoms with Crippen LogP contribution in [0, 0.1) is 0 Å². The second-order valence-electron chi connectivity index (χ2n) is 6.27. The van der Waals surface area contributed by atoms with Crippen LogP contribution >= 0.6 is 0 Å². The van der Waals surface area contributed by atoms with Crippen LogP contribution in [0.3, 0.4) is 0 Å². The molecule has 1 aromatic heterocycles. The number of rotatable bonds is 5. The molecule has 0 atom stereocenters. The number of hydrogen-bond acceptors (Lipinski definition) is 5. The first kappa shape index (κ1) is 17.1. The summed E-state index contributed by atoms with van der Waals surface area (Å²) in [5.74, 6) is 1.23. The third kappa shape index (κ3) is 3.76. The molecule has 0 spiro atoms. The molecule has 7 nitrogen and oxygen atoms in total. The Morgan fingerprint density at radius 2 is 1.93 bits per heavy atom. The number of fused-ring (bicyclic) bond motifs is 2. The molecule has 1 amide bonds. The van der Waals surface area contributed by atoms with E-state index in [9.17, 15) is 9.59 Å². The Bertz CT molecular complexity index is 1040. The Labute approximate surface area is 155 Å². The van der Waals surface area contributed by atoms with Crippen molar-refractivity contribution in [2.75, 3.05) is 19.8 Å². The van der Waals surface area contributed by atoms with Gasteiger partial charge in [-0.2, -0.15) is 5.10 Å². The zero-order chi connectivity index (χ0) is 18.6. The molecule has 0 aliphatic carbocycles. The smallest absolute Gasteiger partial charge is 0.275 e. The first-order valence-corrected chi connectivity index (χ1v) is 8.81. The number of nitrogens with one attached hydrogen (secondary N) is 1. The van der Waals surface area contributed by atoms with Gasteiger partial charge in [0.15, 0.2) is 11.5 Å². The molecule has 0 unspecified atom stereocenters. The fourth-order valence-corrected chi connectivity index (χ4v) is 3.02. The lowest BCUT2D eigenvalue weighted by atomic mass is 10.1. The van der Waals surface area contributed by atoms with Crippen molar-refractivity contribution in [2.45, 2.75) is 13.0 Å². The molecule has 4 rings (SSSR count). The summed E-state index contributed by atoms with van der Waals surface area (Å²) in [5, 5.41) is 8.21. The first-order valence-electron chi connectivity index (χ1n) is 8.81. The van der Waals surface area contributed by atoms with Gasteiger partial charge in [-0.25, -0.2) is 4.68 Å². The van der Waals surface area contributed by atoms with E-state index in [4.69, 9.17) is 9.47 Å². The third-order valence-corrected chi connectivity index (χ3v) is 4.40. The molecule has 27 heavy (non-hydrogen) atoms. The maximum Gasteiger partial charge on any atom is 0.275 e. The summed E-state index contributed by atoms with van der Waals surface area (Å²) in [6.45, 7) is 1.46. The highest BCUT2D eigenvalue weighted by Crippen LogP contribution is 2.30. The number of ether oxygens (including phenoxy) is 2. The second-order valence-corrected chi connectivity index (χ2v) is 6.27. The van der Waals surface area contributed by atoms with Gasteiger partial charge in [-0.05, 0) is 30.2 Å². The van der Waals surface area contributed by atoms with Gasteiger partial charge in [-0.3, -0.25) is 9.59 Å². The summed E-state index contributed by atoms with van der Waals surface area (Å²) < 4.78 is 12.2. The highest BCUT2D eigenvalue weighted by atomic mass is 16.6. The lowest BCUT2D eigenvalue weighted by molar-refractivity contribution is -0.121. The van der Waals surface area contributed by atoms with E-state index in [0.717, 1.165) is 22.4 Å². The largest absolute Gasteiger partial charge is 0.486 e. The topological polar surface area (TPSA) is 82.5 Å². The summed E-state index contributed by atoms with van der Waals surface area (Å²) in [6.07, 6.45) is 2.25. The van der Waals surface area contributed by atoms with E-state index in [1.165, 1.54) is 4.68 Å². The van der Waals surface area contributed by atoms with E-state index in [2.05, 4.69) is 10.4 Å². The average Bonchev–Trinajstić information content (AvgIpc) is 2.70. The van der Waals surface area contributed by atoms with Crippen molar-refractivity contribution in [3.8, 4) is 11.5 Å². The van der Waals surface area contributed by atoms with Gasteiger partial charge in [-0.15, -0.1) is 0 Å². The lowest BCUT2D eigenvalue weighted by Crippen LogP contribution is -2.34. The van der Waals surface area contributed by atoms with E-state index in [-0.39, 0.29) is 18.0 Å². The molecule has 138 valence electrons. The fraction of sp³-hybridized carbons (Fsp3) is 0.250. The molecule has 0 saturated heterocycles. The predicted octanol–water partition coefficient (Wildman–Crippen LogP) is 1.53. The molecule has 1 aliphatic heterocycles. The van der Waals surface area contributed by atoms with E-state index in [1.54, 1.807) is 18.3 Å². The summed E-state index contributed by atoms with van der Waals surface area (Å²) in [4.78, 5) is 24.6. The zero-order valence-corrected chi connectivity index (χ0v) is 14.7. The van der Waals surface area contributed by atoms with Crippen LogP contribution < -0.4 is 20.3 Å². The van der Waals surface area contributed by atoms with E-state index >= 15 is 0 Å². The Balaban J connectivity index is 1.35. The minimum atomic E-state index is -0.268. The molecule has 0 bridgehead atoms. The fourth-order valence-electron chi connectivity index (χ4n) is 3.02. The molecular formula is C20H19N3O4. The van der Waals surface area contributed by atoms with E-state index < -0.39 is 0 Å². The van der Waals surface area contributed by atoms with Crippen LogP contribution in [0.2, 0.25) is 0 Å². The molecule has 3 aromatic rings. The molecule has 1 aliphatic rings. The SMILES string of the molecule is O=C(Cn1ncc2ccccc2c1=O)NCCc1ccc2c(c1)OCCO2. The maximum atomic E-state index is 12.4. The average molecular weight is 365 g/mol. The second kappa shape index (κ2) is 7.49. The molecule has 7 heteroatoms. The summed E-state index contributed by atoms with van der Waals surface area (Å²) in [6, 6.07) is 13.0. The van der Waals surface area contributed by atoms with Crippen LogP contribution in [0.15, 0.2) is 53.5 Å². The number of benzene rings is 2. The van der Waals surface area contributed by atoms with Crippen molar-refractivity contribution in [3.63, 3.8) is 0 Å². The number of carbonyl (C=O) groups is 1. The Morgan fingerprint density at radius 1 is 1.11 bits per heavy atom. The highest BCUT2D eigenvalue weighted by molar-refractivity contribution is 5.81. The summed E-state index contributed by atoms with van der Waals surface area (Å²) >= 11 is 0. The first-order chi connectivity index (χ1) is 13.2. The van der Waals surface area contributed by atoms with Gasteiger partial charge >= 0.3 is 0 Å². The van der Waals surface area contributed by atoms with E-state index in [0.29, 0.717) is 31.6 Å². The minimum Gasteiger partial charge on any atom is -0.486 e. The summed E-state index contributed by atoms with van der Waals surface area (Å²) in [5.41, 5.74) is 0.774. The molecule has 2 heterocycles. The zero-order valence-electron chi connectivity index (χ0n) is 14.7. The van der Waals surface area contributed by atoms with Crippen LogP contribution in [0.1, 0.15) is 5.56 Å². The highest BCUT2D eigenvalue weighted by Gasteiger charge is 2.12.